The van der Waals surface area contributed by atoms with E-state index in [1.54, 1.807) is 29.2 Å². The van der Waals surface area contributed by atoms with Gasteiger partial charge in [0.2, 0.25) is 0 Å². The lowest BCUT2D eigenvalue weighted by Gasteiger charge is -2.27. The molecule has 1 N–H and O–H groups in total. The predicted octanol–water partition coefficient (Wildman–Crippen LogP) is 1.69. The number of rotatable bonds is 2. The molecule has 1 aromatic carbocycles. The number of nitrogens with one attached hydrogen (secondary N) is 1. The van der Waals surface area contributed by atoms with Crippen molar-refractivity contribution in [2.24, 2.45) is 0 Å². The van der Waals surface area contributed by atoms with Crippen LogP contribution in [0.1, 0.15) is 41.5 Å². The van der Waals surface area contributed by atoms with Crippen LogP contribution in [0.15, 0.2) is 24.3 Å². The lowest BCUT2D eigenvalue weighted by atomic mass is 10.1. The van der Waals surface area contributed by atoms with E-state index in [0.29, 0.717) is 37.4 Å². The number of nitrogens with zero attached hydrogens (tertiary/aromatic N) is 1. The van der Waals surface area contributed by atoms with Gasteiger partial charge in [-0.25, -0.2) is 0 Å². The monoisotopic (exact) mass is 290 g/mol. The minimum Gasteiger partial charge on any atom is -0.378 e. The molecule has 0 bridgehead atoms. The average molecular weight is 290 g/mol. The Bertz CT molecular complexity index is 511. The Morgan fingerprint density at radius 2 is 1.57 bits per heavy atom. The average Bonchev–Trinajstić information content (AvgIpc) is 2.46. The van der Waals surface area contributed by atoms with Gasteiger partial charge < -0.3 is 15.0 Å². The molecule has 1 aromatic rings. The van der Waals surface area contributed by atoms with E-state index in [1.165, 1.54) is 0 Å². The van der Waals surface area contributed by atoms with Crippen LogP contribution in [0.4, 0.5) is 0 Å². The molecule has 0 aliphatic carbocycles. The normalized spacial score (nSPS) is 15.7. The topological polar surface area (TPSA) is 58.6 Å². The van der Waals surface area contributed by atoms with Crippen LogP contribution in [-0.2, 0) is 4.74 Å². The third-order valence-electron chi connectivity index (χ3n) is 3.18. The molecule has 0 aromatic heterocycles. The van der Waals surface area contributed by atoms with Gasteiger partial charge in [-0.3, -0.25) is 9.59 Å². The minimum absolute atomic E-state index is 0.0129. The Hall–Kier alpha value is -1.88. The number of morpholine rings is 1. The molecule has 5 heteroatoms. The fourth-order valence-electron chi connectivity index (χ4n) is 2.13. The summed E-state index contributed by atoms with van der Waals surface area (Å²) in [6, 6.07) is 6.79. The van der Waals surface area contributed by atoms with Crippen molar-refractivity contribution >= 4 is 11.8 Å². The summed E-state index contributed by atoms with van der Waals surface area (Å²) in [5, 5.41) is 2.90. The third kappa shape index (κ3) is 4.29. The van der Waals surface area contributed by atoms with Gasteiger partial charge in [-0.05, 0) is 45.0 Å². The molecule has 2 amide bonds. The second kappa shape index (κ2) is 6.26. The first-order valence-corrected chi connectivity index (χ1v) is 7.16. The first kappa shape index (κ1) is 15.5. The van der Waals surface area contributed by atoms with Gasteiger partial charge in [0.05, 0.1) is 13.2 Å². The Kier molecular flexibility index (Phi) is 4.63. The van der Waals surface area contributed by atoms with Crippen LogP contribution in [-0.4, -0.2) is 48.6 Å². The molecule has 1 aliphatic heterocycles. The molecule has 0 unspecified atom stereocenters. The Balaban J connectivity index is 2.04. The van der Waals surface area contributed by atoms with E-state index in [1.807, 2.05) is 20.8 Å². The van der Waals surface area contributed by atoms with Gasteiger partial charge in [0.1, 0.15) is 0 Å². The first-order chi connectivity index (χ1) is 9.87. The number of carbonyl (C=O) groups is 2. The van der Waals surface area contributed by atoms with Crippen LogP contribution in [0.25, 0.3) is 0 Å². The minimum atomic E-state index is -0.278. The third-order valence-corrected chi connectivity index (χ3v) is 3.18. The van der Waals surface area contributed by atoms with Gasteiger partial charge in [-0.2, -0.15) is 0 Å². The predicted molar refractivity (Wildman–Crippen MR) is 80.4 cm³/mol. The quantitative estimate of drug-likeness (QED) is 0.901. The summed E-state index contributed by atoms with van der Waals surface area (Å²) in [7, 11) is 0. The molecule has 0 atom stereocenters. The Morgan fingerprint density at radius 3 is 2.10 bits per heavy atom. The lowest BCUT2D eigenvalue weighted by molar-refractivity contribution is 0.0303. The summed E-state index contributed by atoms with van der Waals surface area (Å²) in [6.07, 6.45) is 0. The first-order valence-electron chi connectivity index (χ1n) is 7.16. The number of ether oxygens (including phenoxy) is 1. The Labute approximate surface area is 125 Å². The van der Waals surface area contributed by atoms with Crippen LogP contribution in [0.2, 0.25) is 0 Å². The van der Waals surface area contributed by atoms with E-state index < -0.39 is 0 Å². The molecule has 5 nitrogen and oxygen atoms in total. The number of benzene rings is 1. The van der Waals surface area contributed by atoms with E-state index >= 15 is 0 Å². The van der Waals surface area contributed by atoms with Crippen LogP contribution in [0, 0.1) is 0 Å². The smallest absolute Gasteiger partial charge is 0.254 e. The van der Waals surface area contributed by atoms with E-state index in [2.05, 4.69) is 5.32 Å². The summed E-state index contributed by atoms with van der Waals surface area (Å²) in [5.74, 6) is -0.144. The second-order valence-electron chi connectivity index (χ2n) is 6.19. The number of hydrogen-bond acceptors (Lipinski definition) is 3. The summed E-state index contributed by atoms with van der Waals surface area (Å²) >= 11 is 0. The summed E-state index contributed by atoms with van der Waals surface area (Å²) in [5.41, 5.74) is 0.881. The maximum atomic E-state index is 12.3. The van der Waals surface area contributed by atoms with Crippen LogP contribution in [0.3, 0.4) is 0 Å². The molecule has 114 valence electrons. The molecule has 0 radical (unpaired) electrons. The zero-order valence-electron chi connectivity index (χ0n) is 12.8. The summed E-state index contributed by atoms with van der Waals surface area (Å²) in [6.45, 7) is 8.19. The van der Waals surface area contributed by atoms with E-state index in [9.17, 15) is 9.59 Å². The molecule has 1 saturated heterocycles. The van der Waals surface area contributed by atoms with Crippen molar-refractivity contribution in [1.82, 2.24) is 10.2 Å². The van der Waals surface area contributed by atoms with Crippen molar-refractivity contribution in [3.63, 3.8) is 0 Å². The van der Waals surface area contributed by atoms with Crippen LogP contribution < -0.4 is 5.32 Å². The van der Waals surface area contributed by atoms with E-state index in [4.69, 9.17) is 4.74 Å². The van der Waals surface area contributed by atoms with Crippen molar-refractivity contribution in [3.05, 3.63) is 35.4 Å². The van der Waals surface area contributed by atoms with Crippen molar-refractivity contribution in [2.45, 2.75) is 26.3 Å². The molecule has 0 saturated carbocycles. The zero-order chi connectivity index (χ0) is 15.5. The van der Waals surface area contributed by atoms with Gasteiger partial charge in [-0.1, -0.05) is 0 Å². The van der Waals surface area contributed by atoms with Gasteiger partial charge >= 0.3 is 0 Å². The molecular weight excluding hydrogens is 268 g/mol. The van der Waals surface area contributed by atoms with E-state index in [-0.39, 0.29) is 17.4 Å². The fourth-order valence-corrected chi connectivity index (χ4v) is 2.13. The largest absolute Gasteiger partial charge is 0.378 e. The molecule has 1 fully saturated rings. The highest BCUT2D eigenvalue weighted by Gasteiger charge is 2.19. The van der Waals surface area contributed by atoms with Gasteiger partial charge in [0.25, 0.3) is 11.8 Å². The van der Waals surface area contributed by atoms with Gasteiger partial charge in [0.15, 0.2) is 0 Å². The SMILES string of the molecule is CC(C)(C)NC(=O)c1ccc(C(=O)N2CCOCC2)cc1. The van der Waals surface area contributed by atoms with Gasteiger partial charge in [-0.15, -0.1) is 0 Å². The molecule has 1 heterocycles. The number of hydrogen-bond donors (Lipinski definition) is 1. The van der Waals surface area contributed by atoms with Crippen molar-refractivity contribution in [1.29, 1.82) is 0 Å². The highest BCUT2D eigenvalue weighted by molar-refractivity contribution is 5.98. The lowest BCUT2D eigenvalue weighted by Crippen LogP contribution is -2.41. The Morgan fingerprint density at radius 1 is 1.05 bits per heavy atom. The summed E-state index contributed by atoms with van der Waals surface area (Å²) < 4.78 is 5.24. The van der Waals surface area contributed by atoms with Crippen molar-refractivity contribution in [3.8, 4) is 0 Å². The highest BCUT2D eigenvalue weighted by atomic mass is 16.5. The van der Waals surface area contributed by atoms with Crippen LogP contribution in [0.5, 0.6) is 0 Å². The second-order valence-corrected chi connectivity index (χ2v) is 6.19. The maximum absolute atomic E-state index is 12.3. The standard InChI is InChI=1S/C16H22N2O3/c1-16(2,3)17-14(19)12-4-6-13(7-5-12)15(20)18-8-10-21-11-9-18/h4-7H,8-11H2,1-3H3,(H,17,19). The zero-order valence-corrected chi connectivity index (χ0v) is 12.8. The maximum Gasteiger partial charge on any atom is 0.254 e. The highest BCUT2D eigenvalue weighted by Crippen LogP contribution is 2.10. The molecule has 0 spiro atoms. The molecule has 21 heavy (non-hydrogen) atoms. The molecule has 2 rings (SSSR count). The number of amides is 2. The van der Waals surface area contributed by atoms with Gasteiger partial charge in [0, 0.05) is 29.8 Å². The fraction of sp³-hybridized carbons (Fsp3) is 0.500. The van der Waals surface area contributed by atoms with Crippen molar-refractivity contribution in [2.75, 3.05) is 26.3 Å². The summed E-state index contributed by atoms with van der Waals surface area (Å²) in [4.78, 5) is 26.1. The van der Waals surface area contributed by atoms with Crippen molar-refractivity contribution < 1.29 is 14.3 Å². The molecule has 1 aliphatic rings. The van der Waals surface area contributed by atoms with E-state index in [0.717, 1.165) is 0 Å². The molecular formula is C16H22N2O3. The number of carbonyl (C=O) groups excluding carboxylic acids is 2. The van der Waals surface area contributed by atoms with Crippen LogP contribution >= 0.6 is 0 Å².